The topological polar surface area (TPSA) is 83.3 Å². The summed E-state index contributed by atoms with van der Waals surface area (Å²) in [5, 5.41) is 0. The number of aromatic nitrogens is 2. The van der Waals surface area contributed by atoms with Crippen LogP contribution < -0.4 is 0 Å². The van der Waals surface area contributed by atoms with Crippen LogP contribution >= 0.6 is 0 Å². The van der Waals surface area contributed by atoms with E-state index in [1.54, 1.807) is 19.3 Å². The Labute approximate surface area is 170 Å². The summed E-state index contributed by atoms with van der Waals surface area (Å²) in [6.45, 7) is 10.8. The van der Waals surface area contributed by atoms with Crippen molar-refractivity contribution in [3.63, 3.8) is 0 Å². The lowest BCUT2D eigenvalue weighted by Crippen LogP contribution is -2.48. The van der Waals surface area contributed by atoms with E-state index in [0.717, 1.165) is 37.2 Å². The van der Waals surface area contributed by atoms with Gasteiger partial charge < -0.3 is 9.64 Å². The van der Waals surface area contributed by atoms with Crippen LogP contribution in [0.2, 0.25) is 0 Å². The Balaban J connectivity index is 1.65. The molecule has 1 aliphatic rings. The molecule has 8 nitrogen and oxygen atoms in total. The molecule has 0 saturated carbocycles. The Morgan fingerprint density at radius 2 is 1.90 bits per heavy atom. The van der Waals surface area contributed by atoms with Crippen molar-refractivity contribution in [2.24, 2.45) is 9.98 Å². The molecule has 0 aliphatic carbocycles. The number of benzene rings is 1. The second-order valence-electron chi connectivity index (χ2n) is 6.89. The van der Waals surface area contributed by atoms with E-state index in [-0.39, 0.29) is 6.04 Å². The van der Waals surface area contributed by atoms with Gasteiger partial charge in [-0.1, -0.05) is 6.07 Å². The maximum Gasteiger partial charge on any atom is 0.334 e. The average Bonchev–Trinajstić information content (AvgIpc) is 2.78. The monoisotopic (exact) mass is 394 g/mol. The largest absolute Gasteiger partial charge is 0.466 e. The van der Waals surface area contributed by atoms with E-state index < -0.39 is 5.97 Å². The van der Waals surface area contributed by atoms with Gasteiger partial charge in [0.05, 0.1) is 23.7 Å². The molecule has 2 heterocycles. The molecule has 2 aromatic rings. The lowest BCUT2D eigenvalue weighted by molar-refractivity contribution is -0.136. The number of aliphatic imine (C=N–C) groups is 2. The second-order valence-corrected chi connectivity index (χ2v) is 6.89. The van der Waals surface area contributed by atoms with Crippen molar-refractivity contribution < 1.29 is 9.53 Å². The quantitative estimate of drug-likeness (QED) is 0.343. The number of fused-ring (bicyclic) bond motifs is 1. The summed E-state index contributed by atoms with van der Waals surface area (Å²) >= 11 is 0. The molecule has 1 atom stereocenters. The number of hydrogen-bond donors (Lipinski definition) is 0. The van der Waals surface area contributed by atoms with Gasteiger partial charge in [-0.3, -0.25) is 14.9 Å². The molecular weight excluding hydrogens is 368 g/mol. The molecule has 152 valence electrons. The maximum atomic E-state index is 11.5. The van der Waals surface area contributed by atoms with Gasteiger partial charge in [-0.25, -0.2) is 14.8 Å². The molecular formula is C21H26N6O2. The number of methoxy groups -OCH3 is 1. The summed E-state index contributed by atoms with van der Waals surface area (Å²) in [6, 6.07) is 6.51. The smallest absolute Gasteiger partial charge is 0.334 e. The summed E-state index contributed by atoms with van der Waals surface area (Å²) in [4.78, 5) is 33.1. The zero-order valence-electron chi connectivity index (χ0n) is 17.1. The van der Waals surface area contributed by atoms with Crippen LogP contribution in [0.15, 0.2) is 52.4 Å². The number of guanidine groups is 1. The standard InChI is InChI=1S/C21H26N6O2/c1-15(20(28)29-4)14-25-21(22-3)27-11-9-26(10-12-27)16(2)17-5-6-18-19(13-17)24-8-7-23-18/h5-8,13-14,16H,3,9-12H2,1-2,4H3/b15-14+,25-21+. The highest BCUT2D eigenvalue weighted by atomic mass is 16.5. The van der Waals surface area contributed by atoms with E-state index >= 15 is 0 Å². The average molecular weight is 394 g/mol. The van der Waals surface area contributed by atoms with E-state index in [4.69, 9.17) is 0 Å². The summed E-state index contributed by atoms with van der Waals surface area (Å²) < 4.78 is 4.68. The Kier molecular flexibility index (Phi) is 6.66. The minimum Gasteiger partial charge on any atom is -0.466 e. The molecule has 3 rings (SSSR count). The summed E-state index contributed by atoms with van der Waals surface area (Å²) in [7, 11) is 1.35. The van der Waals surface area contributed by atoms with Crippen LogP contribution in [-0.4, -0.2) is 71.7 Å². The predicted octanol–water partition coefficient (Wildman–Crippen LogP) is 2.44. The number of ether oxygens (including phenoxy) is 1. The molecule has 1 aromatic heterocycles. The van der Waals surface area contributed by atoms with E-state index in [1.807, 2.05) is 6.07 Å². The maximum absolute atomic E-state index is 11.5. The third-order valence-corrected chi connectivity index (χ3v) is 5.14. The molecule has 0 spiro atoms. The molecule has 0 N–H and O–H groups in total. The van der Waals surface area contributed by atoms with Gasteiger partial charge in [0, 0.05) is 50.8 Å². The fraction of sp³-hybridized carbons (Fsp3) is 0.381. The second kappa shape index (κ2) is 9.38. The van der Waals surface area contributed by atoms with Gasteiger partial charge in [0.1, 0.15) is 0 Å². The van der Waals surface area contributed by atoms with Crippen molar-refractivity contribution in [2.75, 3.05) is 33.3 Å². The number of piperazine rings is 1. The SMILES string of the molecule is C=N/C(=N\C=C(/C)C(=O)OC)N1CCN(C(C)c2ccc3nccnc3c2)CC1. The van der Waals surface area contributed by atoms with Gasteiger partial charge in [-0.05, 0) is 38.3 Å². The summed E-state index contributed by atoms with van der Waals surface area (Å²) in [5.74, 6) is 0.109. The highest BCUT2D eigenvalue weighted by Crippen LogP contribution is 2.24. The van der Waals surface area contributed by atoms with Gasteiger partial charge in [0.2, 0.25) is 5.96 Å². The van der Waals surface area contributed by atoms with Crippen LogP contribution in [-0.2, 0) is 9.53 Å². The lowest BCUT2D eigenvalue weighted by Gasteiger charge is -2.38. The molecule has 1 aliphatic heterocycles. The van der Waals surface area contributed by atoms with Gasteiger partial charge in [0.25, 0.3) is 0 Å². The zero-order chi connectivity index (χ0) is 20.8. The van der Waals surface area contributed by atoms with E-state index in [9.17, 15) is 4.79 Å². The van der Waals surface area contributed by atoms with Crippen LogP contribution in [0.1, 0.15) is 25.5 Å². The number of carbonyl (C=O) groups is 1. The van der Waals surface area contributed by atoms with Gasteiger partial charge >= 0.3 is 5.97 Å². The molecule has 0 amide bonds. The fourth-order valence-electron chi connectivity index (χ4n) is 3.35. The van der Waals surface area contributed by atoms with Crippen LogP contribution in [0.3, 0.4) is 0 Å². The van der Waals surface area contributed by atoms with Gasteiger partial charge in [0.15, 0.2) is 0 Å². The lowest BCUT2D eigenvalue weighted by atomic mass is 10.1. The normalized spacial score (nSPS) is 17.3. The van der Waals surface area contributed by atoms with Crippen LogP contribution in [0.25, 0.3) is 11.0 Å². The number of nitrogens with zero attached hydrogens (tertiary/aromatic N) is 6. The first-order valence-corrected chi connectivity index (χ1v) is 9.52. The third-order valence-electron chi connectivity index (χ3n) is 5.14. The van der Waals surface area contributed by atoms with Crippen molar-refractivity contribution in [3.8, 4) is 0 Å². The molecule has 29 heavy (non-hydrogen) atoms. The van der Waals surface area contributed by atoms with Crippen molar-refractivity contribution in [2.45, 2.75) is 19.9 Å². The minimum absolute atomic E-state index is 0.266. The Hall–Kier alpha value is -3.13. The van der Waals surface area contributed by atoms with Crippen LogP contribution in [0, 0.1) is 0 Å². The first kappa shape index (κ1) is 20.6. The summed E-state index contributed by atoms with van der Waals surface area (Å²) in [6.07, 6.45) is 4.90. The number of rotatable bonds is 4. The first-order chi connectivity index (χ1) is 14.0. The van der Waals surface area contributed by atoms with Gasteiger partial charge in [-0.2, -0.15) is 0 Å². The number of carbonyl (C=O) groups excluding carboxylic acids is 1. The molecule has 1 saturated heterocycles. The highest BCUT2D eigenvalue weighted by molar-refractivity contribution is 5.89. The molecule has 1 fully saturated rings. The molecule has 0 bridgehead atoms. The predicted molar refractivity (Wildman–Crippen MR) is 114 cm³/mol. The molecule has 0 radical (unpaired) electrons. The minimum atomic E-state index is -0.407. The van der Waals surface area contributed by atoms with Crippen molar-refractivity contribution in [3.05, 3.63) is 47.9 Å². The van der Waals surface area contributed by atoms with E-state index in [0.29, 0.717) is 11.5 Å². The van der Waals surface area contributed by atoms with Crippen molar-refractivity contribution in [1.29, 1.82) is 0 Å². The van der Waals surface area contributed by atoms with Crippen molar-refractivity contribution in [1.82, 2.24) is 19.8 Å². The highest BCUT2D eigenvalue weighted by Gasteiger charge is 2.23. The van der Waals surface area contributed by atoms with Gasteiger partial charge in [-0.15, -0.1) is 0 Å². The zero-order valence-corrected chi connectivity index (χ0v) is 17.1. The summed E-state index contributed by atoms with van der Waals surface area (Å²) in [5.41, 5.74) is 3.45. The van der Waals surface area contributed by atoms with Crippen LogP contribution in [0.4, 0.5) is 0 Å². The third kappa shape index (κ3) is 4.83. The fourth-order valence-corrected chi connectivity index (χ4v) is 3.35. The molecule has 1 unspecified atom stereocenters. The number of esters is 1. The van der Waals surface area contributed by atoms with E-state index in [1.165, 1.54) is 18.9 Å². The van der Waals surface area contributed by atoms with Crippen molar-refractivity contribution >= 4 is 29.7 Å². The Morgan fingerprint density at radius 3 is 2.55 bits per heavy atom. The Morgan fingerprint density at radius 1 is 1.21 bits per heavy atom. The first-order valence-electron chi connectivity index (χ1n) is 9.52. The molecule has 1 aromatic carbocycles. The molecule has 8 heteroatoms. The Bertz CT molecular complexity index is 947. The number of hydrogen-bond acceptors (Lipinski definition) is 6. The van der Waals surface area contributed by atoms with E-state index in [2.05, 4.69) is 60.3 Å². The van der Waals surface area contributed by atoms with Crippen LogP contribution in [0.5, 0.6) is 0 Å².